The minimum atomic E-state index is -1.24. The highest BCUT2D eigenvalue weighted by molar-refractivity contribution is 5.89. The summed E-state index contributed by atoms with van der Waals surface area (Å²) in [5.74, 6) is -2.45. The van der Waals surface area contributed by atoms with Gasteiger partial charge in [0.15, 0.2) is 0 Å². The lowest BCUT2D eigenvalue weighted by atomic mass is 10.2. The van der Waals surface area contributed by atoms with E-state index in [0.717, 1.165) is 12.1 Å². The van der Waals surface area contributed by atoms with E-state index in [1.54, 1.807) is 0 Å². The second kappa shape index (κ2) is 5.29. The summed E-state index contributed by atoms with van der Waals surface area (Å²) in [6.45, 7) is 1.52. The number of methoxy groups -OCH3 is 1. The van der Waals surface area contributed by atoms with Gasteiger partial charge in [-0.3, -0.25) is 0 Å². The summed E-state index contributed by atoms with van der Waals surface area (Å²) < 4.78 is 17.6. The van der Waals surface area contributed by atoms with Gasteiger partial charge in [0.2, 0.25) is 0 Å². The highest BCUT2D eigenvalue weighted by Crippen LogP contribution is 2.15. The van der Waals surface area contributed by atoms with E-state index >= 15 is 0 Å². The van der Waals surface area contributed by atoms with Gasteiger partial charge >= 0.3 is 11.9 Å². The molecule has 0 aliphatic heterocycles. The molecule has 0 aliphatic carbocycles. The predicted molar refractivity (Wildman–Crippen MR) is 58.5 cm³/mol. The van der Waals surface area contributed by atoms with Crippen molar-refractivity contribution in [2.45, 2.75) is 13.0 Å². The minimum Gasteiger partial charge on any atom is -0.478 e. The number of rotatable bonds is 4. The first-order chi connectivity index (χ1) is 7.93. The number of hydrogen-bond acceptors (Lipinski definition) is 4. The number of ether oxygens (including phenoxy) is 1. The molecule has 0 aliphatic rings. The van der Waals surface area contributed by atoms with Crippen LogP contribution >= 0.6 is 0 Å². The Kier molecular flexibility index (Phi) is 4.03. The van der Waals surface area contributed by atoms with E-state index in [4.69, 9.17) is 5.11 Å². The lowest BCUT2D eigenvalue weighted by Crippen LogP contribution is -2.27. The summed E-state index contributed by atoms with van der Waals surface area (Å²) in [7, 11) is 1.23. The van der Waals surface area contributed by atoms with Crippen molar-refractivity contribution < 1.29 is 23.8 Å². The third-order valence-electron chi connectivity index (χ3n) is 2.08. The number of esters is 1. The summed E-state index contributed by atoms with van der Waals surface area (Å²) in [5, 5.41) is 11.4. The number of carboxylic acid groups (broad SMARTS) is 1. The van der Waals surface area contributed by atoms with E-state index < -0.39 is 23.8 Å². The molecular weight excluding hydrogens is 229 g/mol. The maximum Gasteiger partial charge on any atom is 0.335 e. The molecule has 0 spiro atoms. The van der Waals surface area contributed by atoms with Crippen LogP contribution in [0.15, 0.2) is 18.2 Å². The zero-order chi connectivity index (χ0) is 13.0. The number of halogens is 1. The lowest BCUT2D eigenvalue weighted by molar-refractivity contribution is -0.141. The van der Waals surface area contributed by atoms with E-state index in [0.29, 0.717) is 0 Å². The first-order valence-corrected chi connectivity index (χ1v) is 4.82. The molecule has 17 heavy (non-hydrogen) atoms. The van der Waals surface area contributed by atoms with Crippen molar-refractivity contribution in [1.29, 1.82) is 0 Å². The molecule has 92 valence electrons. The van der Waals surface area contributed by atoms with Crippen LogP contribution in [0.1, 0.15) is 17.3 Å². The molecule has 0 fully saturated rings. The molecule has 1 aromatic carbocycles. The zero-order valence-corrected chi connectivity index (χ0v) is 9.36. The summed E-state index contributed by atoms with van der Waals surface area (Å²) in [6, 6.07) is 2.55. The molecule has 0 heterocycles. The Morgan fingerprint density at radius 3 is 2.59 bits per heavy atom. The van der Waals surface area contributed by atoms with Crippen molar-refractivity contribution in [3.05, 3.63) is 29.6 Å². The van der Waals surface area contributed by atoms with Crippen LogP contribution in [0, 0.1) is 5.82 Å². The molecule has 0 amide bonds. The molecule has 2 N–H and O–H groups in total. The van der Waals surface area contributed by atoms with Gasteiger partial charge in [0.1, 0.15) is 11.9 Å². The van der Waals surface area contributed by atoms with E-state index in [1.807, 2.05) is 0 Å². The highest BCUT2D eigenvalue weighted by atomic mass is 19.1. The molecule has 0 saturated heterocycles. The molecular formula is C11H12FNO4. The van der Waals surface area contributed by atoms with Crippen LogP contribution in [0.4, 0.5) is 10.1 Å². The first-order valence-electron chi connectivity index (χ1n) is 4.82. The number of aromatic carboxylic acids is 1. The monoisotopic (exact) mass is 241 g/mol. The standard InChI is InChI=1S/C11H12FNO4/c1-6(11(16)17-2)13-9-4-7(10(14)15)3-8(12)5-9/h3-6,13H,1-2H3,(H,14,15). The van der Waals surface area contributed by atoms with Crippen LogP contribution in [0.2, 0.25) is 0 Å². The Morgan fingerprint density at radius 1 is 1.41 bits per heavy atom. The maximum atomic E-state index is 13.1. The summed E-state index contributed by atoms with van der Waals surface area (Å²) >= 11 is 0. The van der Waals surface area contributed by atoms with Crippen LogP contribution < -0.4 is 5.32 Å². The fourth-order valence-electron chi connectivity index (χ4n) is 1.28. The maximum absolute atomic E-state index is 13.1. The van der Waals surface area contributed by atoms with Crippen molar-refractivity contribution in [2.24, 2.45) is 0 Å². The van der Waals surface area contributed by atoms with E-state index in [9.17, 15) is 14.0 Å². The second-order valence-electron chi connectivity index (χ2n) is 3.42. The molecule has 1 atom stereocenters. The number of hydrogen-bond donors (Lipinski definition) is 2. The molecule has 1 rings (SSSR count). The molecule has 0 saturated carbocycles. The van der Waals surface area contributed by atoms with Gasteiger partial charge in [-0.2, -0.15) is 0 Å². The van der Waals surface area contributed by atoms with Crippen molar-refractivity contribution in [2.75, 3.05) is 12.4 Å². The third kappa shape index (κ3) is 3.44. The second-order valence-corrected chi connectivity index (χ2v) is 3.42. The van der Waals surface area contributed by atoms with Gasteiger partial charge in [-0.25, -0.2) is 14.0 Å². The number of carbonyl (C=O) groups excluding carboxylic acids is 1. The fraction of sp³-hybridized carbons (Fsp3) is 0.273. The SMILES string of the molecule is COC(=O)C(C)Nc1cc(F)cc(C(=O)O)c1. The Hall–Kier alpha value is -2.11. The van der Waals surface area contributed by atoms with Gasteiger partial charge < -0.3 is 15.2 Å². The Balaban J connectivity index is 2.91. The third-order valence-corrected chi connectivity index (χ3v) is 2.08. The van der Waals surface area contributed by atoms with Gasteiger partial charge in [-0.05, 0) is 25.1 Å². The van der Waals surface area contributed by atoms with Crippen molar-refractivity contribution >= 4 is 17.6 Å². The molecule has 0 bridgehead atoms. The Morgan fingerprint density at radius 2 is 2.06 bits per heavy atom. The van der Waals surface area contributed by atoms with Crippen molar-refractivity contribution in [3.63, 3.8) is 0 Å². The lowest BCUT2D eigenvalue weighted by Gasteiger charge is -2.13. The van der Waals surface area contributed by atoms with Crippen LogP contribution in [0.3, 0.4) is 0 Å². The largest absolute Gasteiger partial charge is 0.478 e. The highest BCUT2D eigenvalue weighted by Gasteiger charge is 2.14. The number of anilines is 1. The summed E-state index contributed by atoms with van der Waals surface area (Å²) in [6.07, 6.45) is 0. The first kappa shape index (κ1) is 13.0. The van der Waals surface area contributed by atoms with Crippen LogP contribution in [-0.2, 0) is 9.53 Å². The summed E-state index contributed by atoms with van der Waals surface area (Å²) in [4.78, 5) is 21.8. The van der Waals surface area contributed by atoms with Gasteiger partial charge in [-0.15, -0.1) is 0 Å². The van der Waals surface area contributed by atoms with Crippen LogP contribution in [-0.4, -0.2) is 30.2 Å². The number of benzene rings is 1. The van der Waals surface area contributed by atoms with Crippen LogP contribution in [0.5, 0.6) is 0 Å². The van der Waals surface area contributed by atoms with E-state index in [-0.39, 0.29) is 11.3 Å². The van der Waals surface area contributed by atoms with E-state index in [1.165, 1.54) is 20.1 Å². The van der Waals surface area contributed by atoms with Gasteiger partial charge in [0.25, 0.3) is 0 Å². The molecule has 1 aromatic rings. The topological polar surface area (TPSA) is 75.6 Å². The van der Waals surface area contributed by atoms with Crippen molar-refractivity contribution in [1.82, 2.24) is 0 Å². The fourth-order valence-corrected chi connectivity index (χ4v) is 1.28. The van der Waals surface area contributed by atoms with Crippen molar-refractivity contribution in [3.8, 4) is 0 Å². The van der Waals surface area contributed by atoms with E-state index in [2.05, 4.69) is 10.1 Å². The smallest absolute Gasteiger partial charge is 0.335 e. The molecule has 5 nitrogen and oxygen atoms in total. The van der Waals surface area contributed by atoms with Gasteiger partial charge in [0.05, 0.1) is 12.7 Å². The number of nitrogens with one attached hydrogen (secondary N) is 1. The Bertz CT molecular complexity index is 447. The van der Waals surface area contributed by atoms with Gasteiger partial charge in [0, 0.05) is 5.69 Å². The number of carbonyl (C=O) groups is 2. The molecule has 0 aromatic heterocycles. The molecule has 0 radical (unpaired) electrons. The Labute approximate surface area is 97.2 Å². The zero-order valence-electron chi connectivity index (χ0n) is 9.36. The summed E-state index contributed by atoms with van der Waals surface area (Å²) in [5.41, 5.74) is 0.0184. The van der Waals surface area contributed by atoms with Gasteiger partial charge in [-0.1, -0.05) is 0 Å². The predicted octanol–water partition coefficient (Wildman–Crippen LogP) is 1.50. The average molecular weight is 241 g/mol. The van der Waals surface area contributed by atoms with Crippen LogP contribution in [0.25, 0.3) is 0 Å². The molecule has 6 heteroatoms. The quantitative estimate of drug-likeness (QED) is 0.781. The molecule has 1 unspecified atom stereocenters. The normalized spacial score (nSPS) is 11.7. The average Bonchev–Trinajstić information content (AvgIpc) is 2.26. The number of carboxylic acids is 1. The minimum absolute atomic E-state index is 0.190.